The van der Waals surface area contributed by atoms with Crippen molar-refractivity contribution in [2.24, 2.45) is 7.05 Å². The Morgan fingerprint density at radius 3 is 2.90 bits per heavy atom. The third kappa shape index (κ3) is 3.01. The summed E-state index contributed by atoms with van der Waals surface area (Å²) in [5.74, 6) is 0.350. The molecule has 0 saturated carbocycles. The van der Waals surface area contributed by atoms with Gasteiger partial charge in [0.05, 0.1) is 18.5 Å². The lowest BCUT2D eigenvalue weighted by molar-refractivity contribution is 0.134. The van der Waals surface area contributed by atoms with Gasteiger partial charge in [-0.05, 0) is 6.92 Å². The average molecular weight is 289 g/mol. The average Bonchev–Trinajstić information content (AvgIpc) is 3.05. The quantitative estimate of drug-likeness (QED) is 0.834. The molecule has 2 aromatic rings. The number of hydrogen-bond donors (Lipinski definition) is 0. The molecule has 6 nitrogen and oxygen atoms in total. The molecule has 0 radical (unpaired) electrons. The predicted octanol–water partition coefficient (Wildman–Crippen LogP) is 1.38. The fourth-order valence-electron chi connectivity index (χ4n) is 3.07. The van der Waals surface area contributed by atoms with Gasteiger partial charge in [0.25, 0.3) is 0 Å². The minimum atomic E-state index is 0.350. The molecule has 0 bridgehead atoms. The predicted molar refractivity (Wildman–Crippen MR) is 79.8 cm³/mol. The lowest BCUT2D eigenvalue weighted by Crippen LogP contribution is -2.34. The summed E-state index contributed by atoms with van der Waals surface area (Å²) in [7, 11) is 3.72. The van der Waals surface area contributed by atoms with Crippen LogP contribution in [0.4, 0.5) is 0 Å². The highest BCUT2D eigenvalue weighted by molar-refractivity contribution is 5.25. The second-order valence-electron chi connectivity index (χ2n) is 5.74. The Labute approximate surface area is 125 Å². The number of nitrogens with zero attached hydrogens (tertiary/aromatic N) is 5. The topological polar surface area (TPSA) is 48.1 Å². The molecule has 1 aliphatic heterocycles. The number of methoxy groups -OCH3 is 1. The van der Waals surface area contributed by atoms with E-state index >= 15 is 0 Å². The molecule has 0 spiro atoms. The number of aromatic nitrogens is 4. The molecule has 0 unspecified atom stereocenters. The second-order valence-corrected chi connectivity index (χ2v) is 5.74. The van der Waals surface area contributed by atoms with Crippen molar-refractivity contribution in [1.29, 1.82) is 0 Å². The van der Waals surface area contributed by atoms with Gasteiger partial charge >= 0.3 is 0 Å². The molecule has 3 rings (SSSR count). The first-order valence-electron chi connectivity index (χ1n) is 7.44. The van der Waals surface area contributed by atoms with E-state index in [1.54, 1.807) is 7.11 Å². The zero-order valence-corrected chi connectivity index (χ0v) is 13.0. The Bertz CT molecular complexity index is 603. The molecule has 0 aliphatic carbocycles. The van der Waals surface area contributed by atoms with Gasteiger partial charge in [0.2, 0.25) is 0 Å². The van der Waals surface area contributed by atoms with E-state index in [1.165, 1.54) is 16.8 Å². The maximum atomic E-state index is 5.39. The van der Waals surface area contributed by atoms with Crippen LogP contribution in [-0.4, -0.2) is 44.7 Å². The van der Waals surface area contributed by atoms with E-state index in [-0.39, 0.29) is 0 Å². The maximum Gasteiger partial charge on any atom is 0.0736 e. The molecule has 21 heavy (non-hydrogen) atoms. The van der Waals surface area contributed by atoms with Crippen LogP contribution in [-0.2, 0) is 31.4 Å². The van der Waals surface area contributed by atoms with Crippen molar-refractivity contribution in [3.05, 3.63) is 35.4 Å². The number of ether oxygens (including phenoxy) is 1. The van der Waals surface area contributed by atoms with E-state index in [1.807, 2.05) is 22.6 Å². The lowest BCUT2D eigenvalue weighted by atomic mass is 9.97. The lowest BCUT2D eigenvalue weighted by Gasteiger charge is -2.31. The molecule has 0 aromatic carbocycles. The van der Waals surface area contributed by atoms with Crippen LogP contribution in [0.1, 0.15) is 29.7 Å². The molecule has 6 heteroatoms. The van der Waals surface area contributed by atoms with E-state index in [4.69, 9.17) is 9.84 Å². The van der Waals surface area contributed by atoms with Crippen molar-refractivity contribution in [3.63, 3.8) is 0 Å². The summed E-state index contributed by atoms with van der Waals surface area (Å²) in [6.45, 7) is 6.61. The van der Waals surface area contributed by atoms with Crippen LogP contribution >= 0.6 is 0 Å². The first-order chi connectivity index (χ1) is 10.2. The Morgan fingerprint density at radius 2 is 2.24 bits per heavy atom. The highest BCUT2D eigenvalue weighted by atomic mass is 16.5. The van der Waals surface area contributed by atoms with E-state index in [9.17, 15) is 0 Å². The smallest absolute Gasteiger partial charge is 0.0736 e. The minimum Gasteiger partial charge on any atom is -0.384 e. The van der Waals surface area contributed by atoms with E-state index in [2.05, 4.69) is 29.3 Å². The van der Waals surface area contributed by atoms with Crippen molar-refractivity contribution in [2.75, 3.05) is 20.3 Å². The van der Waals surface area contributed by atoms with Crippen LogP contribution in [0.25, 0.3) is 0 Å². The molecule has 1 atom stereocenters. The van der Waals surface area contributed by atoms with Crippen LogP contribution in [0, 0.1) is 0 Å². The van der Waals surface area contributed by atoms with Gasteiger partial charge in [0, 0.05) is 69.8 Å². The van der Waals surface area contributed by atoms with Gasteiger partial charge in [0.15, 0.2) is 0 Å². The Kier molecular flexibility index (Phi) is 4.07. The molecular weight excluding hydrogens is 266 g/mol. The standard InChI is InChI=1S/C15H23N5O/c1-4-20-10-13-8-19(7-12-5-16-18(2)6-12)9-14(11-21-3)15(13)17-20/h5-6,10,14H,4,7-9,11H2,1-3H3/t14-/m1/s1. The second kappa shape index (κ2) is 5.99. The molecule has 2 aromatic heterocycles. The molecule has 114 valence electrons. The van der Waals surface area contributed by atoms with Gasteiger partial charge in [-0.15, -0.1) is 0 Å². The largest absolute Gasteiger partial charge is 0.384 e. The van der Waals surface area contributed by atoms with Crippen molar-refractivity contribution in [2.45, 2.75) is 32.5 Å². The number of hydrogen-bond acceptors (Lipinski definition) is 4. The molecule has 0 fully saturated rings. The van der Waals surface area contributed by atoms with Gasteiger partial charge in [-0.2, -0.15) is 10.2 Å². The van der Waals surface area contributed by atoms with Crippen molar-refractivity contribution in [3.8, 4) is 0 Å². The monoisotopic (exact) mass is 289 g/mol. The van der Waals surface area contributed by atoms with E-state index in [0.29, 0.717) is 5.92 Å². The van der Waals surface area contributed by atoms with Crippen LogP contribution < -0.4 is 0 Å². The van der Waals surface area contributed by atoms with Crippen LogP contribution in [0.2, 0.25) is 0 Å². The zero-order valence-electron chi connectivity index (χ0n) is 13.0. The van der Waals surface area contributed by atoms with Gasteiger partial charge in [-0.3, -0.25) is 14.3 Å². The highest BCUT2D eigenvalue weighted by Crippen LogP contribution is 2.28. The van der Waals surface area contributed by atoms with Crippen LogP contribution in [0.3, 0.4) is 0 Å². The third-order valence-electron chi connectivity index (χ3n) is 3.99. The maximum absolute atomic E-state index is 5.39. The summed E-state index contributed by atoms with van der Waals surface area (Å²) in [4.78, 5) is 2.45. The summed E-state index contributed by atoms with van der Waals surface area (Å²) in [6, 6.07) is 0. The fourth-order valence-corrected chi connectivity index (χ4v) is 3.07. The first-order valence-corrected chi connectivity index (χ1v) is 7.44. The molecule has 0 saturated heterocycles. The van der Waals surface area contributed by atoms with Gasteiger partial charge in [0.1, 0.15) is 0 Å². The first kappa shape index (κ1) is 14.3. The number of aryl methyl sites for hydroxylation is 2. The third-order valence-corrected chi connectivity index (χ3v) is 3.99. The number of rotatable bonds is 5. The van der Waals surface area contributed by atoms with Crippen molar-refractivity contribution >= 4 is 0 Å². The van der Waals surface area contributed by atoms with Crippen molar-refractivity contribution < 1.29 is 4.74 Å². The molecule has 1 aliphatic rings. The molecule has 3 heterocycles. The van der Waals surface area contributed by atoms with Gasteiger partial charge in [-0.1, -0.05) is 0 Å². The summed E-state index contributed by atoms with van der Waals surface area (Å²) in [5, 5.41) is 8.96. The number of fused-ring (bicyclic) bond motifs is 1. The fraction of sp³-hybridized carbons (Fsp3) is 0.600. The Morgan fingerprint density at radius 1 is 1.38 bits per heavy atom. The van der Waals surface area contributed by atoms with Crippen LogP contribution in [0.15, 0.2) is 18.6 Å². The summed E-state index contributed by atoms with van der Waals surface area (Å²) < 4.78 is 9.27. The SMILES string of the molecule is CCn1cc2c(n1)[C@@H](COC)CN(Cc1cnn(C)c1)C2. The van der Waals surface area contributed by atoms with Crippen LogP contribution in [0.5, 0.6) is 0 Å². The molecule has 0 N–H and O–H groups in total. The van der Waals surface area contributed by atoms with E-state index in [0.717, 1.165) is 32.8 Å². The molecular formula is C15H23N5O. The van der Waals surface area contributed by atoms with Gasteiger partial charge < -0.3 is 4.74 Å². The highest BCUT2D eigenvalue weighted by Gasteiger charge is 2.28. The summed E-state index contributed by atoms with van der Waals surface area (Å²) in [5.41, 5.74) is 3.79. The summed E-state index contributed by atoms with van der Waals surface area (Å²) in [6.07, 6.45) is 6.19. The Hall–Kier alpha value is -1.66. The summed E-state index contributed by atoms with van der Waals surface area (Å²) >= 11 is 0. The Balaban J connectivity index is 1.79. The van der Waals surface area contributed by atoms with Gasteiger partial charge in [-0.25, -0.2) is 0 Å². The van der Waals surface area contributed by atoms with E-state index < -0.39 is 0 Å². The van der Waals surface area contributed by atoms with Crippen molar-refractivity contribution in [1.82, 2.24) is 24.5 Å². The minimum absolute atomic E-state index is 0.350. The zero-order chi connectivity index (χ0) is 14.8. The molecule has 0 amide bonds. The normalized spacial score (nSPS) is 18.9.